The minimum Gasteiger partial charge on any atom is -0.497 e. The normalized spacial score (nSPS) is 21.5. The van der Waals surface area contributed by atoms with Crippen molar-refractivity contribution in [2.75, 3.05) is 46.4 Å². The molecule has 2 aliphatic rings. The zero-order chi connectivity index (χ0) is 16.9. The molecule has 1 aromatic carbocycles. The van der Waals surface area contributed by atoms with Crippen molar-refractivity contribution in [1.29, 1.82) is 0 Å². The number of amides is 1. The number of hydrogen-bond acceptors (Lipinski definition) is 4. The van der Waals surface area contributed by atoms with Gasteiger partial charge < -0.3 is 15.0 Å². The van der Waals surface area contributed by atoms with Gasteiger partial charge in [-0.05, 0) is 36.5 Å². The molecule has 24 heavy (non-hydrogen) atoms. The van der Waals surface area contributed by atoms with Crippen molar-refractivity contribution in [3.63, 3.8) is 0 Å². The minimum atomic E-state index is -0.199. The van der Waals surface area contributed by atoms with Crippen molar-refractivity contribution in [2.24, 2.45) is 5.92 Å². The van der Waals surface area contributed by atoms with Crippen molar-refractivity contribution in [3.05, 3.63) is 29.8 Å². The number of benzene rings is 1. The number of carbonyl (C=O) groups is 1. The number of carbonyl (C=O) groups excluding carboxylic acids is 1. The van der Waals surface area contributed by atoms with Gasteiger partial charge in [-0.2, -0.15) is 0 Å². The standard InChI is InChI=1S/C19H29N3O2/c1-15-6-10-22(11-7-15)19(23)18(21-12-8-20-9-13-21)16-4-3-5-17(14-16)24-2/h3-5,14-15,18,20H,6-13H2,1-2H3. The van der Waals surface area contributed by atoms with Crippen LogP contribution in [0.3, 0.4) is 0 Å². The monoisotopic (exact) mass is 331 g/mol. The molecule has 2 fully saturated rings. The van der Waals surface area contributed by atoms with E-state index < -0.39 is 0 Å². The molecule has 3 rings (SSSR count). The molecule has 132 valence electrons. The minimum absolute atomic E-state index is 0.199. The van der Waals surface area contributed by atoms with E-state index in [2.05, 4.69) is 28.1 Å². The molecule has 5 nitrogen and oxygen atoms in total. The van der Waals surface area contributed by atoms with Crippen molar-refractivity contribution in [2.45, 2.75) is 25.8 Å². The highest BCUT2D eigenvalue weighted by Gasteiger charge is 2.33. The molecule has 1 atom stereocenters. The molecule has 2 aliphatic heterocycles. The fraction of sp³-hybridized carbons (Fsp3) is 0.632. The summed E-state index contributed by atoms with van der Waals surface area (Å²) < 4.78 is 5.38. The Labute approximate surface area is 145 Å². The number of likely N-dealkylation sites (tertiary alicyclic amines) is 1. The number of nitrogens with one attached hydrogen (secondary N) is 1. The summed E-state index contributed by atoms with van der Waals surface area (Å²) in [6.45, 7) is 7.71. The molecule has 1 amide bonds. The number of piperidine rings is 1. The summed E-state index contributed by atoms with van der Waals surface area (Å²) in [4.78, 5) is 17.7. The maximum absolute atomic E-state index is 13.3. The van der Waals surface area contributed by atoms with Crippen LogP contribution in [0, 0.1) is 5.92 Å². The van der Waals surface area contributed by atoms with Crippen LogP contribution in [0.4, 0.5) is 0 Å². The van der Waals surface area contributed by atoms with Gasteiger partial charge in [0.15, 0.2) is 0 Å². The summed E-state index contributed by atoms with van der Waals surface area (Å²) in [6.07, 6.45) is 2.22. The van der Waals surface area contributed by atoms with Crippen LogP contribution in [0.5, 0.6) is 5.75 Å². The quantitative estimate of drug-likeness (QED) is 0.915. The molecular formula is C19H29N3O2. The highest BCUT2D eigenvalue weighted by molar-refractivity contribution is 5.83. The van der Waals surface area contributed by atoms with E-state index in [0.717, 1.165) is 69.3 Å². The lowest BCUT2D eigenvalue weighted by Crippen LogP contribution is -2.51. The second-order valence-corrected chi connectivity index (χ2v) is 6.97. The summed E-state index contributed by atoms with van der Waals surface area (Å²) in [5, 5.41) is 3.38. The predicted molar refractivity (Wildman–Crippen MR) is 95.2 cm³/mol. The van der Waals surface area contributed by atoms with Crippen LogP contribution in [-0.2, 0) is 4.79 Å². The average molecular weight is 331 g/mol. The Hall–Kier alpha value is -1.59. The summed E-state index contributed by atoms with van der Waals surface area (Å²) in [7, 11) is 1.67. The van der Waals surface area contributed by atoms with Crippen LogP contribution in [-0.4, -0.2) is 62.1 Å². The number of piperazine rings is 1. The first-order valence-corrected chi connectivity index (χ1v) is 9.06. The molecule has 2 heterocycles. The fourth-order valence-corrected chi connectivity index (χ4v) is 3.66. The first kappa shape index (κ1) is 17.2. The van der Waals surface area contributed by atoms with Crippen LogP contribution < -0.4 is 10.1 Å². The van der Waals surface area contributed by atoms with E-state index in [0.29, 0.717) is 0 Å². The zero-order valence-electron chi connectivity index (χ0n) is 14.8. The third kappa shape index (κ3) is 3.90. The van der Waals surface area contributed by atoms with Crippen molar-refractivity contribution >= 4 is 5.91 Å². The van der Waals surface area contributed by atoms with Gasteiger partial charge in [0, 0.05) is 39.3 Å². The Balaban J connectivity index is 1.84. The lowest BCUT2D eigenvalue weighted by atomic mass is 9.96. The fourth-order valence-electron chi connectivity index (χ4n) is 3.66. The number of rotatable bonds is 4. The van der Waals surface area contributed by atoms with E-state index in [1.165, 1.54) is 0 Å². The lowest BCUT2D eigenvalue weighted by Gasteiger charge is -2.39. The Morgan fingerprint density at radius 1 is 1.21 bits per heavy atom. The van der Waals surface area contributed by atoms with Crippen molar-refractivity contribution in [1.82, 2.24) is 15.1 Å². The summed E-state index contributed by atoms with van der Waals surface area (Å²) in [5.41, 5.74) is 1.04. The lowest BCUT2D eigenvalue weighted by molar-refractivity contribution is -0.139. The van der Waals surface area contributed by atoms with Gasteiger partial charge >= 0.3 is 0 Å². The third-order valence-corrected chi connectivity index (χ3v) is 5.26. The van der Waals surface area contributed by atoms with Gasteiger partial charge in [0.05, 0.1) is 7.11 Å². The highest BCUT2D eigenvalue weighted by Crippen LogP contribution is 2.28. The van der Waals surface area contributed by atoms with Crippen LogP contribution in [0.1, 0.15) is 31.4 Å². The van der Waals surface area contributed by atoms with E-state index in [1.807, 2.05) is 18.2 Å². The Morgan fingerprint density at radius 2 is 1.92 bits per heavy atom. The van der Waals surface area contributed by atoms with Gasteiger partial charge in [-0.3, -0.25) is 9.69 Å². The van der Waals surface area contributed by atoms with Crippen LogP contribution >= 0.6 is 0 Å². The molecule has 1 aromatic rings. The largest absolute Gasteiger partial charge is 0.497 e. The molecule has 1 N–H and O–H groups in total. The molecule has 0 aliphatic carbocycles. The maximum Gasteiger partial charge on any atom is 0.244 e. The van der Waals surface area contributed by atoms with Gasteiger partial charge in [0.2, 0.25) is 5.91 Å². The average Bonchev–Trinajstić information content (AvgIpc) is 2.63. The summed E-state index contributed by atoms with van der Waals surface area (Å²) in [5.74, 6) is 1.79. The SMILES string of the molecule is COc1cccc(C(C(=O)N2CCC(C)CC2)N2CCNCC2)c1. The Kier molecular flexibility index (Phi) is 5.74. The smallest absolute Gasteiger partial charge is 0.244 e. The van der Waals surface area contributed by atoms with Gasteiger partial charge in [-0.25, -0.2) is 0 Å². The zero-order valence-corrected chi connectivity index (χ0v) is 14.8. The predicted octanol–water partition coefficient (Wildman–Crippen LogP) is 1.90. The van der Waals surface area contributed by atoms with E-state index in [1.54, 1.807) is 7.11 Å². The van der Waals surface area contributed by atoms with E-state index in [-0.39, 0.29) is 11.9 Å². The second kappa shape index (κ2) is 7.99. The molecule has 0 aromatic heterocycles. The van der Waals surface area contributed by atoms with E-state index in [4.69, 9.17) is 4.74 Å². The van der Waals surface area contributed by atoms with E-state index in [9.17, 15) is 4.79 Å². The molecule has 0 spiro atoms. The molecule has 0 saturated carbocycles. The van der Waals surface area contributed by atoms with Crippen molar-refractivity contribution < 1.29 is 9.53 Å². The maximum atomic E-state index is 13.3. The molecular weight excluding hydrogens is 302 g/mol. The number of methoxy groups -OCH3 is 1. The Bertz CT molecular complexity index is 549. The van der Waals surface area contributed by atoms with Gasteiger partial charge in [0.1, 0.15) is 11.8 Å². The summed E-state index contributed by atoms with van der Waals surface area (Å²) in [6, 6.07) is 7.78. The highest BCUT2D eigenvalue weighted by atomic mass is 16.5. The van der Waals surface area contributed by atoms with E-state index >= 15 is 0 Å². The van der Waals surface area contributed by atoms with Crippen molar-refractivity contribution in [3.8, 4) is 5.75 Å². The second-order valence-electron chi connectivity index (χ2n) is 6.97. The number of ether oxygens (including phenoxy) is 1. The molecule has 2 saturated heterocycles. The van der Waals surface area contributed by atoms with Gasteiger partial charge in [-0.15, -0.1) is 0 Å². The molecule has 0 bridgehead atoms. The molecule has 5 heteroatoms. The van der Waals surface area contributed by atoms with Crippen LogP contribution in [0.15, 0.2) is 24.3 Å². The Morgan fingerprint density at radius 3 is 2.58 bits per heavy atom. The number of nitrogens with zero attached hydrogens (tertiary/aromatic N) is 2. The molecule has 0 radical (unpaired) electrons. The summed E-state index contributed by atoms with van der Waals surface area (Å²) >= 11 is 0. The molecule has 1 unspecified atom stereocenters. The first-order valence-electron chi connectivity index (χ1n) is 9.06. The van der Waals surface area contributed by atoms with Gasteiger partial charge in [0.25, 0.3) is 0 Å². The van der Waals surface area contributed by atoms with Crippen LogP contribution in [0.2, 0.25) is 0 Å². The first-order chi connectivity index (χ1) is 11.7. The topological polar surface area (TPSA) is 44.8 Å². The van der Waals surface area contributed by atoms with Crippen LogP contribution in [0.25, 0.3) is 0 Å². The third-order valence-electron chi connectivity index (χ3n) is 5.26. The van der Waals surface area contributed by atoms with Gasteiger partial charge in [-0.1, -0.05) is 19.1 Å². The number of hydrogen-bond donors (Lipinski definition) is 1.